The van der Waals surface area contributed by atoms with Gasteiger partial charge >= 0.3 is 0 Å². The number of aromatic amines is 1. The summed E-state index contributed by atoms with van der Waals surface area (Å²) >= 11 is 0. The number of piperazine rings is 1. The first-order chi connectivity index (χ1) is 13.9. The molecule has 1 aromatic carbocycles. The Balaban J connectivity index is 1.49. The second kappa shape index (κ2) is 8.46. The van der Waals surface area contributed by atoms with Gasteiger partial charge in [0.2, 0.25) is 0 Å². The molecular formula is C23H34N4O2. The molecule has 2 aromatic rings. The van der Waals surface area contributed by atoms with E-state index >= 15 is 0 Å². The van der Waals surface area contributed by atoms with E-state index in [1.807, 2.05) is 17.0 Å². The lowest BCUT2D eigenvalue weighted by Gasteiger charge is -2.37. The molecule has 29 heavy (non-hydrogen) atoms. The minimum atomic E-state index is 0.0746. The molecule has 0 aliphatic carbocycles. The summed E-state index contributed by atoms with van der Waals surface area (Å²) in [6.45, 7) is 15.0. The van der Waals surface area contributed by atoms with E-state index in [-0.39, 0.29) is 12.0 Å². The van der Waals surface area contributed by atoms with Gasteiger partial charge in [0.1, 0.15) is 0 Å². The lowest BCUT2D eigenvalue weighted by atomic mass is 10.0. The van der Waals surface area contributed by atoms with Crippen LogP contribution in [0.2, 0.25) is 0 Å². The maximum atomic E-state index is 13.0. The fourth-order valence-corrected chi connectivity index (χ4v) is 4.50. The van der Waals surface area contributed by atoms with Crippen molar-refractivity contribution in [2.45, 2.75) is 45.9 Å². The lowest BCUT2D eigenvalue weighted by molar-refractivity contribution is -0.0395. The molecule has 0 spiro atoms. The topological polar surface area (TPSA) is 51.8 Å². The van der Waals surface area contributed by atoms with Crippen molar-refractivity contribution in [3.63, 3.8) is 0 Å². The molecule has 2 saturated heterocycles. The molecule has 1 unspecified atom stereocenters. The number of H-pyrrole nitrogens is 1. The van der Waals surface area contributed by atoms with Gasteiger partial charge in [-0.3, -0.25) is 14.6 Å². The highest BCUT2D eigenvalue weighted by Gasteiger charge is 2.27. The van der Waals surface area contributed by atoms with Crippen LogP contribution in [0, 0.1) is 0 Å². The Morgan fingerprint density at radius 2 is 1.76 bits per heavy atom. The predicted octanol–water partition coefficient (Wildman–Crippen LogP) is 3.12. The molecule has 6 heteroatoms. The molecule has 2 aliphatic rings. The van der Waals surface area contributed by atoms with Gasteiger partial charge in [-0.15, -0.1) is 0 Å². The zero-order valence-electron chi connectivity index (χ0n) is 18.1. The third kappa shape index (κ3) is 4.20. The van der Waals surface area contributed by atoms with Crippen LogP contribution in [-0.4, -0.2) is 83.5 Å². The zero-order chi connectivity index (χ0) is 20.5. The highest BCUT2D eigenvalue weighted by Crippen LogP contribution is 2.30. The van der Waals surface area contributed by atoms with Crippen LogP contribution in [0.3, 0.4) is 0 Å². The molecule has 2 fully saturated rings. The summed E-state index contributed by atoms with van der Waals surface area (Å²) in [5, 5.41) is 1.15. The highest BCUT2D eigenvalue weighted by atomic mass is 16.5. The third-order valence-electron chi connectivity index (χ3n) is 6.47. The van der Waals surface area contributed by atoms with Crippen LogP contribution in [-0.2, 0) is 4.74 Å². The van der Waals surface area contributed by atoms with Gasteiger partial charge in [-0.05, 0) is 39.8 Å². The van der Waals surface area contributed by atoms with E-state index in [2.05, 4.69) is 54.7 Å². The van der Waals surface area contributed by atoms with Crippen LogP contribution in [0.25, 0.3) is 10.9 Å². The Morgan fingerprint density at radius 3 is 2.45 bits per heavy atom. The van der Waals surface area contributed by atoms with Crippen LogP contribution in [0.4, 0.5) is 0 Å². The smallest absolute Gasteiger partial charge is 0.254 e. The zero-order valence-corrected chi connectivity index (χ0v) is 18.1. The fourth-order valence-electron chi connectivity index (χ4n) is 4.50. The van der Waals surface area contributed by atoms with E-state index in [4.69, 9.17) is 4.74 Å². The van der Waals surface area contributed by atoms with Crippen molar-refractivity contribution in [1.29, 1.82) is 0 Å². The number of carbonyl (C=O) groups is 1. The summed E-state index contributed by atoms with van der Waals surface area (Å²) in [6.07, 6.45) is 2.13. The number of benzene rings is 1. The third-order valence-corrected chi connectivity index (χ3v) is 6.47. The summed E-state index contributed by atoms with van der Waals surface area (Å²) < 4.78 is 6.07. The Labute approximate surface area is 173 Å². The van der Waals surface area contributed by atoms with E-state index in [1.165, 1.54) is 5.56 Å². The van der Waals surface area contributed by atoms with Gasteiger partial charge in [0, 0.05) is 79.6 Å². The van der Waals surface area contributed by atoms with Crippen LogP contribution in [0.15, 0.2) is 24.4 Å². The number of aromatic nitrogens is 1. The average Bonchev–Trinajstić information content (AvgIpc) is 3.16. The van der Waals surface area contributed by atoms with Crippen molar-refractivity contribution in [2.75, 3.05) is 45.9 Å². The number of fused-ring (bicyclic) bond motifs is 1. The molecule has 1 amide bonds. The van der Waals surface area contributed by atoms with Gasteiger partial charge in [0.15, 0.2) is 0 Å². The summed E-state index contributed by atoms with van der Waals surface area (Å²) in [5.74, 6) is 0.131. The van der Waals surface area contributed by atoms with Gasteiger partial charge in [-0.1, -0.05) is 6.07 Å². The maximum absolute atomic E-state index is 13.0. The maximum Gasteiger partial charge on any atom is 0.254 e. The molecule has 158 valence electrons. The number of hydrogen-bond acceptors (Lipinski definition) is 4. The molecule has 1 N–H and O–H groups in total. The number of ether oxygens (including phenoxy) is 1. The number of hydrogen-bond donors (Lipinski definition) is 1. The molecule has 3 heterocycles. The quantitative estimate of drug-likeness (QED) is 0.860. The SMILES string of the molecule is CC(C)N1CCN(C(=O)c2ccc3c(C4CN(C(C)C)CCO4)c[nH]c3c2)CC1. The molecule has 1 atom stereocenters. The Kier molecular flexibility index (Phi) is 5.95. The number of carbonyl (C=O) groups excluding carboxylic acids is 1. The van der Waals surface area contributed by atoms with Crippen molar-refractivity contribution in [1.82, 2.24) is 19.7 Å². The Hall–Kier alpha value is -1.89. The van der Waals surface area contributed by atoms with Gasteiger partial charge in [-0.2, -0.15) is 0 Å². The number of nitrogens with zero attached hydrogens (tertiary/aromatic N) is 3. The largest absolute Gasteiger partial charge is 0.371 e. The van der Waals surface area contributed by atoms with E-state index in [1.54, 1.807) is 0 Å². The van der Waals surface area contributed by atoms with Crippen LogP contribution < -0.4 is 0 Å². The second-order valence-electron chi connectivity index (χ2n) is 8.87. The number of amides is 1. The van der Waals surface area contributed by atoms with Gasteiger partial charge < -0.3 is 14.6 Å². The second-order valence-corrected chi connectivity index (χ2v) is 8.87. The summed E-state index contributed by atoms with van der Waals surface area (Å²) in [4.78, 5) is 23.2. The minimum absolute atomic E-state index is 0.0746. The molecule has 1 aromatic heterocycles. The van der Waals surface area contributed by atoms with E-state index in [9.17, 15) is 4.79 Å². The molecule has 0 radical (unpaired) electrons. The Bertz CT molecular complexity index is 852. The van der Waals surface area contributed by atoms with Crippen molar-refractivity contribution in [3.05, 3.63) is 35.5 Å². The van der Waals surface area contributed by atoms with Crippen molar-refractivity contribution < 1.29 is 9.53 Å². The van der Waals surface area contributed by atoms with Crippen LogP contribution in [0.1, 0.15) is 49.7 Å². The summed E-state index contributed by atoms with van der Waals surface area (Å²) in [5.41, 5.74) is 2.96. The molecular weight excluding hydrogens is 364 g/mol. The molecule has 0 bridgehead atoms. The van der Waals surface area contributed by atoms with Gasteiger partial charge in [0.05, 0.1) is 12.7 Å². The lowest BCUT2D eigenvalue weighted by Crippen LogP contribution is -2.50. The van der Waals surface area contributed by atoms with Crippen LogP contribution in [0.5, 0.6) is 0 Å². The molecule has 2 aliphatic heterocycles. The predicted molar refractivity (Wildman–Crippen MR) is 116 cm³/mol. The normalized spacial score (nSPS) is 22.1. The molecule has 6 nitrogen and oxygen atoms in total. The summed E-state index contributed by atoms with van der Waals surface area (Å²) in [6, 6.07) is 7.11. The first-order valence-corrected chi connectivity index (χ1v) is 10.9. The Morgan fingerprint density at radius 1 is 1.03 bits per heavy atom. The number of morpholine rings is 1. The average molecular weight is 399 g/mol. The standard InChI is InChI=1S/C23H34N4O2/c1-16(2)25-7-9-26(10-8-25)23(28)18-5-6-19-20(14-24-21(19)13-18)22-15-27(17(3)4)11-12-29-22/h5-6,13-14,16-17,22,24H,7-12,15H2,1-4H3. The molecule has 0 saturated carbocycles. The van der Waals surface area contributed by atoms with E-state index < -0.39 is 0 Å². The summed E-state index contributed by atoms with van der Waals surface area (Å²) in [7, 11) is 0. The first-order valence-electron chi connectivity index (χ1n) is 10.9. The minimum Gasteiger partial charge on any atom is -0.371 e. The highest BCUT2D eigenvalue weighted by molar-refractivity contribution is 5.98. The number of nitrogens with one attached hydrogen (secondary N) is 1. The van der Waals surface area contributed by atoms with Gasteiger partial charge in [-0.25, -0.2) is 0 Å². The van der Waals surface area contributed by atoms with Crippen molar-refractivity contribution in [3.8, 4) is 0 Å². The number of rotatable bonds is 4. The van der Waals surface area contributed by atoms with Crippen molar-refractivity contribution >= 4 is 16.8 Å². The van der Waals surface area contributed by atoms with Crippen LogP contribution >= 0.6 is 0 Å². The van der Waals surface area contributed by atoms with E-state index in [0.717, 1.165) is 62.3 Å². The first kappa shape index (κ1) is 20.4. The fraction of sp³-hybridized carbons (Fsp3) is 0.609. The monoisotopic (exact) mass is 398 g/mol. The molecule has 4 rings (SSSR count). The van der Waals surface area contributed by atoms with E-state index in [0.29, 0.717) is 12.1 Å². The van der Waals surface area contributed by atoms with Gasteiger partial charge in [0.25, 0.3) is 5.91 Å². The van der Waals surface area contributed by atoms with Crippen molar-refractivity contribution in [2.24, 2.45) is 0 Å².